The number of esters is 1. The summed E-state index contributed by atoms with van der Waals surface area (Å²) in [5.41, 5.74) is 0.701. The molecule has 0 aromatic heterocycles. The van der Waals surface area contributed by atoms with Gasteiger partial charge in [-0.3, -0.25) is 0 Å². The largest absolute Gasteiger partial charge is 0.462 e. The Balaban J connectivity index is 1.73. The van der Waals surface area contributed by atoms with Gasteiger partial charge in [-0.2, -0.15) is 9.57 Å². The number of ether oxygens (including phenoxy) is 1. The van der Waals surface area contributed by atoms with Crippen LogP contribution in [0, 0.1) is 17.1 Å². The monoisotopic (exact) mass is 417 g/mol. The number of piperazine rings is 1. The molecule has 3 rings (SSSR count). The van der Waals surface area contributed by atoms with Crippen molar-refractivity contribution in [3.63, 3.8) is 0 Å². The van der Waals surface area contributed by atoms with Gasteiger partial charge >= 0.3 is 5.97 Å². The molecule has 0 spiro atoms. The third-order valence-electron chi connectivity index (χ3n) is 4.69. The predicted octanol–water partition coefficient (Wildman–Crippen LogP) is 2.38. The van der Waals surface area contributed by atoms with E-state index in [-0.39, 0.29) is 35.7 Å². The summed E-state index contributed by atoms with van der Waals surface area (Å²) >= 11 is 0. The van der Waals surface area contributed by atoms with Gasteiger partial charge in [0, 0.05) is 26.2 Å². The first-order valence-electron chi connectivity index (χ1n) is 9.09. The van der Waals surface area contributed by atoms with Gasteiger partial charge in [-0.25, -0.2) is 17.6 Å². The van der Waals surface area contributed by atoms with Crippen molar-refractivity contribution in [1.29, 1.82) is 5.26 Å². The lowest BCUT2D eigenvalue weighted by Crippen LogP contribution is -2.48. The minimum atomic E-state index is -3.73. The molecule has 152 valence electrons. The van der Waals surface area contributed by atoms with Crippen LogP contribution in [-0.2, 0) is 14.8 Å². The highest BCUT2D eigenvalue weighted by Crippen LogP contribution is 2.25. The second-order valence-electron chi connectivity index (χ2n) is 6.38. The van der Waals surface area contributed by atoms with Crippen LogP contribution in [0.1, 0.15) is 22.8 Å². The normalized spacial score (nSPS) is 15.0. The Morgan fingerprint density at radius 3 is 2.38 bits per heavy atom. The zero-order valence-electron chi connectivity index (χ0n) is 15.8. The number of anilines is 1. The number of nitriles is 1. The lowest BCUT2D eigenvalue weighted by atomic mass is 10.1. The number of benzene rings is 2. The Kier molecular flexibility index (Phi) is 6.15. The molecule has 0 atom stereocenters. The maximum absolute atomic E-state index is 13.8. The molecule has 2 aromatic carbocycles. The smallest absolute Gasteiger partial charge is 0.338 e. The van der Waals surface area contributed by atoms with Crippen molar-refractivity contribution in [2.75, 3.05) is 37.7 Å². The second-order valence-corrected chi connectivity index (χ2v) is 8.32. The SMILES string of the molecule is CCOC(=O)c1ccc(S(=O)(=O)N2CCN(c3cccc(F)c3C#N)CC2)cc1. The van der Waals surface area contributed by atoms with Crippen molar-refractivity contribution >= 4 is 21.7 Å². The van der Waals surface area contributed by atoms with Crippen molar-refractivity contribution < 1.29 is 22.3 Å². The van der Waals surface area contributed by atoms with Crippen LogP contribution >= 0.6 is 0 Å². The molecule has 7 nitrogen and oxygen atoms in total. The molecule has 0 N–H and O–H groups in total. The molecular weight excluding hydrogens is 397 g/mol. The van der Waals surface area contributed by atoms with E-state index in [1.807, 2.05) is 6.07 Å². The lowest BCUT2D eigenvalue weighted by Gasteiger charge is -2.35. The number of halogens is 1. The molecule has 1 aliphatic rings. The fraction of sp³-hybridized carbons (Fsp3) is 0.300. The van der Waals surface area contributed by atoms with E-state index in [1.54, 1.807) is 17.9 Å². The standard InChI is InChI=1S/C20H20FN3O4S/c1-2-28-20(25)15-6-8-16(9-7-15)29(26,27)24-12-10-23(11-13-24)19-5-3-4-18(21)17(19)14-22/h3-9H,2,10-13H2,1H3. The number of rotatable bonds is 5. The third-order valence-corrected chi connectivity index (χ3v) is 6.60. The first-order chi connectivity index (χ1) is 13.9. The van der Waals surface area contributed by atoms with Crippen LogP contribution in [0.25, 0.3) is 0 Å². The molecule has 1 fully saturated rings. The van der Waals surface area contributed by atoms with Crippen molar-refractivity contribution in [3.05, 3.63) is 59.4 Å². The molecule has 0 bridgehead atoms. The summed E-state index contributed by atoms with van der Waals surface area (Å²) in [6.07, 6.45) is 0. The molecule has 0 saturated carbocycles. The summed E-state index contributed by atoms with van der Waals surface area (Å²) in [5.74, 6) is -1.10. The van der Waals surface area contributed by atoms with Crippen LogP contribution in [0.2, 0.25) is 0 Å². The van der Waals surface area contributed by atoms with E-state index in [2.05, 4.69) is 0 Å². The fourth-order valence-corrected chi connectivity index (χ4v) is 4.60. The van der Waals surface area contributed by atoms with Gasteiger partial charge in [-0.1, -0.05) is 6.07 Å². The summed E-state index contributed by atoms with van der Waals surface area (Å²) in [6.45, 7) is 2.99. The fourth-order valence-electron chi connectivity index (χ4n) is 3.18. The first kappa shape index (κ1) is 20.8. The van der Waals surface area contributed by atoms with Crippen molar-refractivity contribution in [2.45, 2.75) is 11.8 Å². The van der Waals surface area contributed by atoms with Crippen molar-refractivity contribution in [2.24, 2.45) is 0 Å². The van der Waals surface area contributed by atoms with Gasteiger partial charge < -0.3 is 9.64 Å². The van der Waals surface area contributed by atoms with Crippen molar-refractivity contribution in [1.82, 2.24) is 4.31 Å². The molecule has 9 heteroatoms. The van der Waals surface area contributed by atoms with E-state index in [1.165, 1.54) is 40.7 Å². The second kappa shape index (κ2) is 8.59. The van der Waals surface area contributed by atoms with Gasteiger partial charge in [0.25, 0.3) is 0 Å². The number of hydrogen-bond donors (Lipinski definition) is 0. The van der Waals surface area contributed by atoms with E-state index >= 15 is 0 Å². The van der Waals surface area contributed by atoms with Crippen LogP contribution < -0.4 is 4.90 Å². The van der Waals surface area contributed by atoms with E-state index in [0.29, 0.717) is 18.8 Å². The summed E-state index contributed by atoms with van der Waals surface area (Å²) in [7, 11) is -3.73. The van der Waals surface area contributed by atoms with Crippen molar-refractivity contribution in [3.8, 4) is 6.07 Å². The van der Waals surface area contributed by atoms with Gasteiger partial charge in [0.1, 0.15) is 17.4 Å². The van der Waals surface area contributed by atoms with E-state index in [0.717, 1.165) is 0 Å². The molecule has 2 aromatic rings. The molecule has 0 amide bonds. The third kappa shape index (κ3) is 4.23. The van der Waals surface area contributed by atoms with E-state index in [9.17, 15) is 22.9 Å². The number of carbonyl (C=O) groups excluding carboxylic acids is 1. The van der Waals surface area contributed by atoms with Gasteiger partial charge in [0.05, 0.1) is 22.8 Å². The Morgan fingerprint density at radius 1 is 1.14 bits per heavy atom. The van der Waals surface area contributed by atoms with Crippen LogP contribution in [0.5, 0.6) is 0 Å². The van der Waals surface area contributed by atoms with Crippen LogP contribution in [0.15, 0.2) is 47.4 Å². The summed E-state index contributed by atoms with van der Waals surface area (Å²) in [5, 5.41) is 9.20. The quantitative estimate of drug-likeness (QED) is 0.694. The Hall–Kier alpha value is -2.96. The highest BCUT2D eigenvalue weighted by molar-refractivity contribution is 7.89. The predicted molar refractivity (Wildman–Crippen MR) is 104 cm³/mol. The minimum absolute atomic E-state index is 0.0432. The van der Waals surface area contributed by atoms with Gasteiger partial charge in [0.2, 0.25) is 10.0 Å². The Morgan fingerprint density at radius 2 is 1.79 bits per heavy atom. The minimum Gasteiger partial charge on any atom is -0.462 e. The van der Waals surface area contributed by atoms with Crippen LogP contribution in [-0.4, -0.2) is 51.5 Å². The van der Waals surface area contributed by atoms with Crippen LogP contribution in [0.4, 0.5) is 10.1 Å². The average Bonchev–Trinajstić information content (AvgIpc) is 2.74. The molecule has 29 heavy (non-hydrogen) atoms. The highest BCUT2D eigenvalue weighted by Gasteiger charge is 2.29. The number of sulfonamides is 1. The highest BCUT2D eigenvalue weighted by atomic mass is 32.2. The molecule has 1 aliphatic heterocycles. The molecule has 0 aliphatic carbocycles. The van der Waals surface area contributed by atoms with Crippen LogP contribution in [0.3, 0.4) is 0 Å². The molecule has 1 saturated heterocycles. The van der Waals surface area contributed by atoms with Gasteiger partial charge in [-0.05, 0) is 43.3 Å². The Bertz CT molecular complexity index is 1040. The lowest BCUT2D eigenvalue weighted by molar-refractivity contribution is 0.0526. The zero-order chi connectivity index (χ0) is 21.0. The number of nitrogens with zero attached hydrogens (tertiary/aromatic N) is 3. The average molecular weight is 417 g/mol. The number of carbonyl (C=O) groups is 1. The van der Waals surface area contributed by atoms with E-state index < -0.39 is 21.8 Å². The first-order valence-corrected chi connectivity index (χ1v) is 10.5. The zero-order valence-corrected chi connectivity index (χ0v) is 16.7. The van der Waals surface area contributed by atoms with Gasteiger partial charge in [-0.15, -0.1) is 0 Å². The molecular formula is C20H20FN3O4S. The summed E-state index contributed by atoms with van der Waals surface area (Å²) in [6, 6.07) is 11.9. The summed E-state index contributed by atoms with van der Waals surface area (Å²) in [4.78, 5) is 13.6. The topological polar surface area (TPSA) is 90.7 Å². The molecule has 0 radical (unpaired) electrons. The number of hydrogen-bond acceptors (Lipinski definition) is 6. The maximum atomic E-state index is 13.8. The van der Waals surface area contributed by atoms with E-state index in [4.69, 9.17) is 4.74 Å². The maximum Gasteiger partial charge on any atom is 0.338 e. The summed E-state index contributed by atoms with van der Waals surface area (Å²) < 4.78 is 45.9. The Labute approximate surface area is 169 Å². The molecule has 1 heterocycles. The van der Waals surface area contributed by atoms with Gasteiger partial charge in [0.15, 0.2) is 0 Å². The molecule has 0 unspecified atom stereocenters.